The predicted molar refractivity (Wildman–Crippen MR) is 82.1 cm³/mol. The Morgan fingerprint density at radius 1 is 1.55 bits per heavy atom. The molecule has 1 aromatic rings. The van der Waals surface area contributed by atoms with Crippen molar-refractivity contribution < 1.29 is 9.72 Å². The molecule has 0 fully saturated rings. The van der Waals surface area contributed by atoms with E-state index in [9.17, 15) is 14.9 Å². The number of benzene rings is 1. The Hall–Kier alpha value is -1.60. The zero-order valence-electron chi connectivity index (χ0n) is 11.6. The van der Waals surface area contributed by atoms with Gasteiger partial charge in [0.15, 0.2) is 0 Å². The first-order chi connectivity index (χ1) is 9.49. The summed E-state index contributed by atoms with van der Waals surface area (Å²) in [5.74, 6) is 0.473. The van der Waals surface area contributed by atoms with E-state index in [4.69, 9.17) is 5.73 Å². The van der Waals surface area contributed by atoms with Gasteiger partial charge in [0.1, 0.15) is 0 Å². The number of hydrogen-bond donors (Lipinski definition) is 2. The minimum Gasteiger partial charge on any atom is -0.324 e. The average Bonchev–Trinajstić information content (AvgIpc) is 2.44. The van der Waals surface area contributed by atoms with Gasteiger partial charge in [-0.2, -0.15) is 11.8 Å². The molecule has 0 spiro atoms. The van der Waals surface area contributed by atoms with Gasteiger partial charge in [-0.25, -0.2) is 0 Å². The molecular weight excluding hydrogens is 278 g/mol. The maximum atomic E-state index is 11.8. The molecule has 0 bridgehead atoms. The first-order valence-corrected chi connectivity index (χ1v) is 7.71. The van der Waals surface area contributed by atoms with Crippen molar-refractivity contribution in [3.05, 3.63) is 33.9 Å². The molecule has 110 valence electrons. The normalized spacial score (nSPS) is 11.9. The molecule has 0 unspecified atom stereocenters. The van der Waals surface area contributed by atoms with Gasteiger partial charge in [0.05, 0.1) is 11.0 Å². The Labute approximate surface area is 122 Å². The summed E-state index contributed by atoms with van der Waals surface area (Å²) in [6, 6.07) is 4.08. The fourth-order valence-electron chi connectivity index (χ4n) is 1.72. The third kappa shape index (κ3) is 4.50. The SMILES string of the molecule is CCc1ccc(NC(=O)[C@@H](N)CCSC)cc1[N+](=O)[O-]. The molecule has 0 saturated heterocycles. The molecule has 0 heterocycles. The molecule has 0 saturated carbocycles. The molecule has 1 amide bonds. The zero-order chi connectivity index (χ0) is 15.1. The van der Waals surface area contributed by atoms with Gasteiger partial charge in [-0.15, -0.1) is 0 Å². The summed E-state index contributed by atoms with van der Waals surface area (Å²) >= 11 is 1.62. The second kappa shape index (κ2) is 7.86. The summed E-state index contributed by atoms with van der Waals surface area (Å²) < 4.78 is 0. The predicted octanol–water partition coefficient (Wildman–Crippen LogP) is 2.18. The van der Waals surface area contributed by atoms with E-state index in [2.05, 4.69) is 5.32 Å². The summed E-state index contributed by atoms with van der Waals surface area (Å²) in [4.78, 5) is 22.4. The molecule has 20 heavy (non-hydrogen) atoms. The van der Waals surface area contributed by atoms with Gasteiger partial charge < -0.3 is 11.1 Å². The molecule has 0 aliphatic carbocycles. The number of nitrogens with one attached hydrogen (secondary N) is 1. The summed E-state index contributed by atoms with van der Waals surface area (Å²) in [6.07, 6.45) is 3.08. The van der Waals surface area contributed by atoms with Gasteiger partial charge in [-0.05, 0) is 30.9 Å². The van der Waals surface area contributed by atoms with E-state index in [1.54, 1.807) is 23.9 Å². The van der Waals surface area contributed by atoms with E-state index in [-0.39, 0.29) is 11.6 Å². The van der Waals surface area contributed by atoms with E-state index < -0.39 is 11.0 Å². The smallest absolute Gasteiger partial charge is 0.274 e. The number of hydrogen-bond acceptors (Lipinski definition) is 5. The minimum absolute atomic E-state index is 0.0167. The van der Waals surface area contributed by atoms with E-state index in [0.29, 0.717) is 24.1 Å². The van der Waals surface area contributed by atoms with Gasteiger partial charge in [-0.3, -0.25) is 14.9 Å². The highest BCUT2D eigenvalue weighted by atomic mass is 32.2. The van der Waals surface area contributed by atoms with Crippen LogP contribution in [0.3, 0.4) is 0 Å². The number of nitro benzene ring substituents is 1. The van der Waals surface area contributed by atoms with Crippen molar-refractivity contribution in [2.24, 2.45) is 5.73 Å². The molecular formula is C13H19N3O3S. The Morgan fingerprint density at radius 2 is 2.25 bits per heavy atom. The number of carbonyl (C=O) groups is 1. The van der Waals surface area contributed by atoms with E-state index in [1.165, 1.54) is 6.07 Å². The number of anilines is 1. The lowest BCUT2D eigenvalue weighted by Gasteiger charge is -2.12. The number of amides is 1. The molecule has 0 aliphatic heterocycles. The highest BCUT2D eigenvalue weighted by molar-refractivity contribution is 7.98. The highest BCUT2D eigenvalue weighted by Crippen LogP contribution is 2.23. The number of rotatable bonds is 7. The van der Waals surface area contributed by atoms with E-state index in [1.807, 2.05) is 13.2 Å². The van der Waals surface area contributed by atoms with Gasteiger partial charge in [0.2, 0.25) is 5.91 Å². The van der Waals surface area contributed by atoms with Crippen LogP contribution in [0.1, 0.15) is 18.9 Å². The third-order valence-corrected chi connectivity index (χ3v) is 3.54. The lowest BCUT2D eigenvalue weighted by Crippen LogP contribution is -2.36. The second-order valence-corrected chi connectivity index (χ2v) is 5.32. The first kappa shape index (κ1) is 16.5. The number of carbonyl (C=O) groups excluding carboxylic acids is 1. The molecule has 0 radical (unpaired) electrons. The van der Waals surface area contributed by atoms with Crippen LogP contribution in [0, 0.1) is 10.1 Å². The summed E-state index contributed by atoms with van der Waals surface area (Å²) in [5.41, 5.74) is 6.80. The monoisotopic (exact) mass is 297 g/mol. The van der Waals surface area contributed by atoms with Gasteiger partial charge in [0, 0.05) is 17.3 Å². The topological polar surface area (TPSA) is 98.3 Å². The van der Waals surface area contributed by atoms with Crippen molar-refractivity contribution in [3.63, 3.8) is 0 Å². The molecule has 7 heteroatoms. The van der Waals surface area contributed by atoms with Crippen LogP contribution in [0.4, 0.5) is 11.4 Å². The van der Waals surface area contributed by atoms with Crippen LogP contribution in [-0.2, 0) is 11.2 Å². The summed E-state index contributed by atoms with van der Waals surface area (Å²) in [5, 5.41) is 13.6. The summed E-state index contributed by atoms with van der Waals surface area (Å²) in [7, 11) is 0. The second-order valence-electron chi connectivity index (χ2n) is 4.33. The average molecular weight is 297 g/mol. The Kier molecular flexibility index (Phi) is 6.47. The molecule has 1 rings (SSSR count). The fraction of sp³-hybridized carbons (Fsp3) is 0.462. The number of nitro groups is 1. The van der Waals surface area contributed by atoms with Gasteiger partial charge in [-0.1, -0.05) is 13.0 Å². The highest BCUT2D eigenvalue weighted by Gasteiger charge is 2.16. The van der Waals surface area contributed by atoms with Crippen molar-refractivity contribution in [2.45, 2.75) is 25.8 Å². The molecule has 0 aliphatic rings. The largest absolute Gasteiger partial charge is 0.324 e. The zero-order valence-corrected chi connectivity index (χ0v) is 12.4. The lowest BCUT2D eigenvalue weighted by molar-refractivity contribution is -0.385. The van der Waals surface area contributed by atoms with Crippen molar-refractivity contribution in [2.75, 3.05) is 17.3 Å². The Morgan fingerprint density at radius 3 is 2.80 bits per heavy atom. The van der Waals surface area contributed by atoms with Gasteiger partial charge in [0.25, 0.3) is 5.69 Å². The number of nitrogens with two attached hydrogens (primary N) is 1. The van der Waals surface area contributed by atoms with Crippen LogP contribution in [-0.4, -0.2) is 28.9 Å². The van der Waals surface area contributed by atoms with Crippen LogP contribution < -0.4 is 11.1 Å². The molecule has 3 N–H and O–H groups in total. The van der Waals surface area contributed by atoms with Crippen LogP contribution in [0.15, 0.2) is 18.2 Å². The van der Waals surface area contributed by atoms with Crippen molar-refractivity contribution in [1.82, 2.24) is 0 Å². The molecule has 0 aromatic heterocycles. The number of aryl methyl sites for hydroxylation is 1. The van der Waals surface area contributed by atoms with Crippen LogP contribution >= 0.6 is 11.8 Å². The third-order valence-electron chi connectivity index (χ3n) is 2.90. The number of thioether (sulfide) groups is 1. The molecule has 1 atom stereocenters. The quantitative estimate of drug-likeness (QED) is 0.593. The van der Waals surface area contributed by atoms with Crippen molar-refractivity contribution in [3.8, 4) is 0 Å². The van der Waals surface area contributed by atoms with E-state index in [0.717, 1.165) is 5.75 Å². The first-order valence-electron chi connectivity index (χ1n) is 6.32. The lowest BCUT2D eigenvalue weighted by atomic mass is 10.1. The van der Waals surface area contributed by atoms with Crippen LogP contribution in [0.2, 0.25) is 0 Å². The van der Waals surface area contributed by atoms with Crippen molar-refractivity contribution >= 4 is 29.0 Å². The minimum atomic E-state index is -0.604. The maximum absolute atomic E-state index is 11.8. The van der Waals surface area contributed by atoms with Crippen molar-refractivity contribution in [1.29, 1.82) is 0 Å². The Balaban J connectivity index is 2.80. The maximum Gasteiger partial charge on any atom is 0.274 e. The van der Waals surface area contributed by atoms with Crippen LogP contribution in [0.25, 0.3) is 0 Å². The van der Waals surface area contributed by atoms with E-state index >= 15 is 0 Å². The fourth-order valence-corrected chi connectivity index (χ4v) is 2.21. The standard InChI is InChI=1S/C13H19N3O3S/c1-3-9-4-5-10(8-12(9)16(18)19)15-13(17)11(14)6-7-20-2/h4-5,8,11H,3,6-7,14H2,1-2H3,(H,15,17)/t11-/m0/s1. The number of nitrogens with zero attached hydrogens (tertiary/aromatic N) is 1. The van der Waals surface area contributed by atoms with Crippen LogP contribution in [0.5, 0.6) is 0 Å². The van der Waals surface area contributed by atoms with Gasteiger partial charge >= 0.3 is 0 Å². The molecule has 6 nitrogen and oxygen atoms in total. The Bertz CT molecular complexity index is 494. The summed E-state index contributed by atoms with van der Waals surface area (Å²) in [6.45, 7) is 1.85. The molecule has 1 aromatic carbocycles.